The van der Waals surface area contributed by atoms with Crippen LogP contribution >= 0.6 is 0 Å². The quantitative estimate of drug-likeness (QED) is 0.763. The third-order valence-corrected chi connectivity index (χ3v) is 7.53. The minimum Gasteiger partial charge on any atom is -0.279 e. The average molecular weight is 366 g/mol. The largest absolute Gasteiger partial charge is 0.279 e. The van der Waals surface area contributed by atoms with E-state index in [2.05, 4.69) is 0 Å². The van der Waals surface area contributed by atoms with Gasteiger partial charge < -0.3 is 0 Å². The van der Waals surface area contributed by atoms with Gasteiger partial charge in [0.25, 0.3) is 0 Å². The van der Waals surface area contributed by atoms with E-state index in [1.807, 2.05) is 0 Å². The van der Waals surface area contributed by atoms with Crippen molar-refractivity contribution in [3.8, 4) is 0 Å². The molecule has 2 unspecified atom stereocenters. The maximum atomic E-state index is 14.0. The number of piperidine rings is 1. The lowest BCUT2D eigenvalue weighted by Crippen LogP contribution is -2.53. The second kappa shape index (κ2) is 5.88. The third-order valence-electron chi connectivity index (χ3n) is 5.49. The van der Waals surface area contributed by atoms with Gasteiger partial charge in [-0.2, -0.15) is 4.31 Å². The van der Waals surface area contributed by atoms with E-state index in [0.717, 1.165) is 6.07 Å². The molecule has 0 saturated carbocycles. The normalized spacial score (nSPS) is 30.3. The molecule has 8 heteroatoms. The molecule has 3 aliphatic heterocycles. The van der Waals surface area contributed by atoms with Gasteiger partial charge in [-0.25, -0.2) is 12.8 Å². The molecule has 0 radical (unpaired) electrons. The van der Waals surface area contributed by atoms with Crippen molar-refractivity contribution in [3.05, 3.63) is 30.1 Å². The molecule has 2 bridgehead atoms. The van der Waals surface area contributed by atoms with Crippen LogP contribution in [-0.2, 0) is 19.6 Å². The predicted octanol–water partition coefficient (Wildman–Crippen LogP) is 1.66. The van der Waals surface area contributed by atoms with Gasteiger partial charge in [-0.05, 0) is 37.8 Å². The highest BCUT2D eigenvalue weighted by molar-refractivity contribution is 7.89. The second-order valence-corrected chi connectivity index (χ2v) is 8.74. The summed E-state index contributed by atoms with van der Waals surface area (Å²) < 4.78 is 41.4. The highest BCUT2D eigenvalue weighted by Gasteiger charge is 2.50. The van der Waals surface area contributed by atoms with Crippen molar-refractivity contribution in [1.29, 1.82) is 0 Å². The Morgan fingerprint density at radius 3 is 2.04 bits per heavy atom. The van der Waals surface area contributed by atoms with Crippen molar-refractivity contribution in [1.82, 2.24) is 9.21 Å². The third kappa shape index (κ3) is 2.58. The van der Waals surface area contributed by atoms with Crippen LogP contribution in [0.3, 0.4) is 0 Å². The number of hydrogen-bond acceptors (Lipinski definition) is 4. The Labute approximate surface area is 145 Å². The number of halogens is 1. The molecule has 0 spiro atoms. The van der Waals surface area contributed by atoms with Crippen LogP contribution in [-0.4, -0.2) is 47.6 Å². The second-order valence-electron chi connectivity index (χ2n) is 6.93. The van der Waals surface area contributed by atoms with E-state index in [1.165, 1.54) is 27.4 Å². The molecular weight excluding hydrogens is 347 g/mol. The number of hydrogen-bond donors (Lipinski definition) is 0. The molecule has 2 amide bonds. The van der Waals surface area contributed by atoms with E-state index >= 15 is 0 Å². The van der Waals surface area contributed by atoms with Crippen LogP contribution in [0.5, 0.6) is 0 Å². The molecule has 134 valence electrons. The first-order valence-corrected chi connectivity index (χ1v) is 9.96. The Balaban J connectivity index is 1.62. The minimum atomic E-state index is -3.93. The smallest absolute Gasteiger partial charge is 0.246 e. The van der Waals surface area contributed by atoms with Gasteiger partial charge in [-0.3, -0.25) is 14.5 Å². The highest BCUT2D eigenvalue weighted by atomic mass is 32.2. The lowest BCUT2D eigenvalue weighted by Gasteiger charge is -2.40. The summed E-state index contributed by atoms with van der Waals surface area (Å²) in [6.45, 7) is 0. The molecule has 4 rings (SSSR count). The molecule has 1 aromatic carbocycles. The highest BCUT2D eigenvalue weighted by Crippen LogP contribution is 2.42. The Kier molecular flexibility index (Phi) is 3.92. The van der Waals surface area contributed by atoms with Crippen LogP contribution in [0.25, 0.3) is 0 Å². The monoisotopic (exact) mass is 366 g/mol. The Bertz CT molecular complexity index is 811. The van der Waals surface area contributed by atoms with Crippen molar-refractivity contribution in [2.45, 2.75) is 61.5 Å². The Morgan fingerprint density at radius 1 is 0.920 bits per heavy atom. The van der Waals surface area contributed by atoms with Crippen molar-refractivity contribution in [2.75, 3.05) is 0 Å². The van der Waals surface area contributed by atoms with E-state index in [-0.39, 0.29) is 47.7 Å². The zero-order chi connectivity index (χ0) is 17.8. The molecule has 6 nitrogen and oxygen atoms in total. The number of carbonyl (C=O) groups excluding carboxylic acids is 2. The molecule has 25 heavy (non-hydrogen) atoms. The average Bonchev–Trinajstić information content (AvgIpc) is 3.05. The maximum absolute atomic E-state index is 14.0. The number of likely N-dealkylation sites (tertiary alicyclic amines) is 1. The molecule has 2 atom stereocenters. The molecule has 3 saturated heterocycles. The van der Waals surface area contributed by atoms with Gasteiger partial charge in [-0.1, -0.05) is 12.1 Å². The van der Waals surface area contributed by atoms with Crippen LogP contribution in [0.1, 0.15) is 38.5 Å². The fourth-order valence-corrected chi connectivity index (χ4v) is 6.44. The van der Waals surface area contributed by atoms with Crippen LogP contribution < -0.4 is 0 Å². The number of fused-ring (bicyclic) bond motifs is 2. The van der Waals surface area contributed by atoms with Crippen molar-refractivity contribution in [2.24, 2.45) is 0 Å². The number of imide groups is 1. The number of carbonyl (C=O) groups is 2. The molecule has 1 aromatic rings. The summed E-state index contributed by atoms with van der Waals surface area (Å²) in [5, 5.41) is 0. The van der Waals surface area contributed by atoms with E-state index in [0.29, 0.717) is 25.7 Å². The number of benzene rings is 1. The summed E-state index contributed by atoms with van der Waals surface area (Å²) in [5.41, 5.74) is 0. The van der Waals surface area contributed by atoms with Crippen LogP contribution in [0, 0.1) is 5.82 Å². The number of rotatable bonds is 3. The van der Waals surface area contributed by atoms with Crippen molar-refractivity contribution < 1.29 is 22.4 Å². The fourth-order valence-electron chi connectivity index (χ4n) is 4.48. The van der Waals surface area contributed by atoms with Gasteiger partial charge in [-0.15, -0.1) is 0 Å². The SMILES string of the molecule is O=C1CCC(=O)N1C1CC2CCC(C1)N2S(=O)(=O)c1ccccc1F. The predicted molar refractivity (Wildman–Crippen MR) is 86.3 cm³/mol. The summed E-state index contributed by atoms with van der Waals surface area (Å²) in [6, 6.07) is 4.55. The molecule has 0 aliphatic carbocycles. The number of sulfonamides is 1. The van der Waals surface area contributed by atoms with Crippen molar-refractivity contribution in [3.63, 3.8) is 0 Å². The lowest BCUT2D eigenvalue weighted by atomic mass is 9.98. The number of nitrogens with zero attached hydrogens (tertiary/aromatic N) is 2. The van der Waals surface area contributed by atoms with Crippen LogP contribution in [0.2, 0.25) is 0 Å². The van der Waals surface area contributed by atoms with E-state index < -0.39 is 15.8 Å². The molecule has 3 aliphatic rings. The van der Waals surface area contributed by atoms with Gasteiger partial charge in [0.05, 0.1) is 0 Å². The standard InChI is InChI=1S/C17H19FN2O4S/c18-14-3-1-2-4-15(14)25(23,24)20-11-5-6-12(20)10-13(9-11)19-16(21)7-8-17(19)22/h1-4,11-13H,5-10H2. The molecule has 3 heterocycles. The minimum absolute atomic E-state index is 0.167. The van der Waals surface area contributed by atoms with E-state index in [9.17, 15) is 22.4 Å². The molecular formula is C17H19FN2O4S. The summed E-state index contributed by atoms with van der Waals surface area (Å²) in [7, 11) is -3.93. The summed E-state index contributed by atoms with van der Waals surface area (Å²) >= 11 is 0. The Morgan fingerprint density at radius 2 is 1.48 bits per heavy atom. The number of amides is 2. The van der Waals surface area contributed by atoms with E-state index in [4.69, 9.17) is 0 Å². The van der Waals surface area contributed by atoms with Gasteiger partial charge >= 0.3 is 0 Å². The molecule has 0 N–H and O–H groups in total. The first kappa shape index (κ1) is 16.7. The maximum Gasteiger partial charge on any atom is 0.246 e. The van der Waals surface area contributed by atoms with Gasteiger partial charge in [0, 0.05) is 31.0 Å². The van der Waals surface area contributed by atoms with Crippen molar-refractivity contribution >= 4 is 21.8 Å². The summed E-state index contributed by atoms with van der Waals surface area (Å²) in [4.78, 5) is 25.0. The molecule has 0 aromatic heterocycles. The van der Waals surface area contributed by atoms with E-state index in [1.54, 1.807) is 0 Å². The topological polar surface area (TPSA) is 74.8 Å². The first-order valence-electron chi connectivity index (χ1n) is 8.52. The van der Waals surface area contributed by atoms with Gasteiger partial charge in [0.1, 0.15) is 10.7 Å². The fraction of sp³-hybridized carbons (Fsp3) is 0.529. The van der Waals surface area contributed by atoms with Gasteiger partial charge in [0.2, 0.25) is 21.8 Å². The zero-order valence-corrected chi connectivity index (χ0v) is 14.4. The zero-order valence-electron chi connectivity index (χ0n) is 13.6. The lowest BCUT2D eigenvalue weighted by molar-refractivity contribution is -0.142. The summed E-state index contributed by atoms with van der Waals surface area (Å²) in [5.74, 6) is -1.09. The van der Waals surface area contributed by atoms with Crippen LogP contribution in [0.15, 0.2) is 29.2 Å². The first-order chi connectivity index (χ1) is 11.9. The van der Waals surface area contributed by atoms with Crippen LogP contribution in [0.4, 0.5) is 4.39 Å². The van der Waals surface area contributed by atoms with Gasteiger partial charge in [0.15, 0.2) is 0 Å². The Hall–Kier alpha value is -1.80. The molecule has 3 fully saturated rings. The summed E-state index contributed by atoms with van der Waals surface area (Å²) in [6.07, 6.45) is 2.68.